The van der Waals surface area contributed by atoms with Crippen LogP contribution >= 0.6 is 0 Å². The lowest BCUT2D eigenvalue weighted by atomic mass is 10.2. The van der Waals surface area contributed by atoms with Crippen molar-refractivity contribution in [2.45, 2.75) is 20.3 Å². The topological polar surface area (TPSA) is 76.0 Å². The second-order valence-electron chi connectivity index (χ2n) is 1.95. The number of oxime groups is 1. The maximum atomic E-state index is 10.9. The first-order valence-corrected chi connectivity index (χ1v) is 3.59. The summed E-state index contributed by atoms with van der Waals surface area (Å²) in [6.45, 7) is 3.31. The standard InChI is InChI=1S/C7H11NO4/c1-3-5(9)6(8-11)7(10)12-4-2/h11H,3-4H2,1-2H3/b8-6+. The van der Waals surface area contributed by atoms with Gasteiger partial charge >= 0.3 is 5.97 Å². The third-order valence-corrected chi connectivity index (χ3v) is 1.15. The van der Waals surface area contributed by atoms with Crippen molar-refractivity contribution in [1.29, 1.82) is 0 Å². The van der Waals surface area contributed by atoms with E-state index in [4.69, 9.17) is 5.21 Å². The fourth-order valence-electron chi connectivity index (χ4n) is 0.577. The number of hydrogen-bond acceptors (Lipinski definition) is 5. The first-order valence-electron chi connectivity index (χ1n) is 3.59. The third-order valence-electron chi connectivity index (χ3n) is 1.15. The minimum atomic E-state index is -0.883. The van der Waals surface area contributed by atoms with Gasteiger partial charge in [0, 0.05) is 6.42 Å². The summed E-state index contributed by atoms with van der Waals surface area (Å²) in [6, 6.07) is 0. The van der Waals surface area contributed by atoms with E-state index in [-0.39, 0.29) is 13.0 Å². The monoisotopic (exact) mass is 173 g/mol. The van der Waals surface area contributed by atoms with Crippen LogP contribution in [0, 0.1) is 0 Å². The fraction of sp³-hybridized carbons (Fsp3) is 0.571. The second kappa shape index (κ2) is 5.29. The largest absolute Gasteiger partial charge is 0.461 e. The predicted octanol–water partition coefficient (Wildman–Crippen LogP) is 0.359. The van der Waals surface area contributed by atoms with Crippen molar-refractivity contribution in [2.24, 2.45) is 5.16 Å². The van der Waals surface area contributed by atoms with E-state index < -0.39 is 17.5 Å². The van der Waals surface area contributed by atoms with Gasteiger partial charge in [0.25, 0.3) is 0 Å². The Morgan fingerprint density at radius 1 is 1.42 bits per heavy atom. The molecular formula is C7H11NO4. The molecular weight excluding hydrogens is 162 g/mol. The molecule has 5 nitrogen and oxygen atoms in total. The summed E-state index contributed by atoms with van der Waals surface area (Å²) in [4.78, 5) is 21.7. The van der Waals surface area contributed by atoms with Crippen LogP contribution in [-0.4, -0.2) is 29.3 Å². The number of esters is 1. The molecule has 0 aromatic rings. The summed E-state index contributed by atoms with van der Waals surface area (Å²) >= 11 is 0. The molecule has 68 valence electrons. The van der Waals surface area contributed by atoms with Gasteiger partial charge in [-0.2, -0.15) is 0 Å². The number of hydrogen-bond donors (Lipinski definition) is 1. The van der Waals surface area contributed by atoms with Crippen molar-refractivity contribution in [2.75, 3.05) is 6.61 Å². The molecule has 0 aromatic carbocycles. The van der Waals surface area contributed by atoms with Crippen molar-refractivity contribution in [3.8, 4) is 0 Å². The van der Waals surface area contributed by atoms with Gasteiger partial charge in [-0.15, -0.1) is 0 Å². The highest BCUT2D eigenvalue weighted by Gasteiger charge is 2.20. The number of carbonyl (C=O) groups is 2. The molecule has 0 fully saturated rings. The number of ketones is 1. The van der Waals surface area contributed by atoms with E-state index in [9.17, 15) is 9.59 Å². The molecule has 0 aliphatic heterocycles. The number of rotatable bonds is 4. The molecule has 0 saturated carbocycles. The molecule has 0 unspecified atom stereocenters. The molecule has 0 bridgehead atoms. The molecule has 12 heavy (non-hydrogen) atoms. The van der Waals surface area contributed by atoms with Gasteiger partial charge in [-0.3, -0.25) is 4.79 Å². The van der Waals surface area contributed by atoms with Gasteiger partial charge in [-0.05, 0) is 6.92 Å². The molecule has 0 heterocycles. The summed E-state index contributed by atoms with van der Waals surface area (Å²) in [7, 11) is 0. The molecule has 0 aromatic heterocycles. The zero-order valence-electron chi connectivity index (χ0n) is 7.03. The lowest BCUT2D eigenvalue weighted by Gasteiger charge is -2.00. The number of ether oxygens (including phenoxy) is 1. The van der Waals surface area contributed by atoms with E-state index in [2.05, 4.69) is 9.89 Å². The number of carbonyl (C=O) groups excluding carboxylic acids is 2. The van der Waals surface area contributed by atoms with Gasteiger partial charge in [0.15, 0.2) is 5.78 Å². The average molecular weight is 173 g/mol. The van der Waals surface area contributed by atoms with Crippen molar-refractivity contribution >= 4 is 17.5 Å². The molecule has 5 heteroatoms. The molecule has 0 amide bonds. The Balaban J connectivity index is 4.37. The van der Waals surface area contributed by atoms with Crippen molar-refractivity contribution in [3.63, 3.8) is 0 Å². The van der Waals surface area contributed by atoms with E-state index in [1.165, 1.54) is 0 Å². The predicted molar refractivity (Wildman–Crippen MR) is 41.2 cm³/mol. The highest BCUT2D eigenvalue weighted by Crippen LogP contribution is 1.90. The quantitative estimate of drug-likeness (QED) is 0.219. The average Bonchev–Trinajstić information content (AvgIpc) is 2.06. The van der Waals surface area contributed by atoms with Gasteiger partial charge in [0.2, 0.25) is 5.71 Å². The summed E-state index contributed by atoms with van der Waals surface area (Å²) in [5.41, 5.74) is -0.542. The van der Waals surface area contributed by atoms with E-state index in [1.807, 2.05) is 0 Å². The number of nitrogens with zero attached hydrogens (tertiary/aromatic N) is 1. The SMILES string of the molecule is CCOC(=O)/C(=N/O)C(=O)CC. The number of Topliss-reactive ketones (excluding diaryl/α,β-unsaturated/α-hetero) is 1. The van der Waals surface area contributed by atoms with Gasteiger partial charge in [-0.1, -0.05) is 12.1 Å². The Kier molecular flexibility index (Phi) is 4.67. The smallest absolute Gasteiger partial charge is 0.364 e. The van der Waals surface area contributed by atoms with Crippen molar-refractivity contribution < 1.29 is 19.5 Å². The zero-order chi connectivity index (χ0) is 9.56. The molecule has 0 aliphatic carbocycles. The molecule has 0 spiro atoms. The summed E-state index contributed by atoms with van der Waals surface area (Å²) in [6.07, 6.45) is 0.109. The Labute approximate surface area is 70.0 Å². The fourth-order valence-corrected chi connectivity index (χ4v) is 0.577. The van der Waals surface area contributed by atoms with Crippen LogP contribution in [0.25, 0.3) is 0 Å². The van der Waals surface area contributed by atoms with E-state index in [0.29, 0.717) is 0 Å². The van der Waals surface area contributed by atoms with Gasteiger partial charge in [0.1, 0.15) is 0 Å². The van der Waals surface area contributed by atoms with Crippen LogP contribution in [0.2, 0.25) is 0 Å². The summed E-state index contributed by atoms with van der Waals surface area (Å²) < 4.78 is 4.47. The zero-order valence-corrected chi connectivity index (χ0v) is 7.03. The van der Waals surface area contributed by atoms with Crippen LogP contribution in [0.3, 0.4) is 0 Å². The minimum absolute atomic E-state index is 0.109. The molecule has 0 aliphatic rings. The van der Waals surface area contributed by atoms with Gasteiger partial charge < -0.3 is 9.94 Å². The van der Waals surface area contributed by atoms with E-state index >= 15 is 0 Å². The first-order chi connectivity index (χ1) is 5.67. The summed E-state index contributed by atoms with van der Waals surface area (Å²) in [5.74, 6) is -1.41. The molecule has 0 rings (SSSR count). The molecule has 0 atom stereocenters. The highest BCUT2D eigenvalue weighted by atomic mass is 16.5. The molecule has 0 saturated heterocycles. The Bertz CT molecular complexity index is 209. The molecule has 1 N–H and O–H groups in total. The van der Waals surface area contributed by atoms with Crippen LogP contribution in [-0.2, 0) is 14.3 Å². The lowest BCUT2D eigenvalue weighted by molar-refractivity contribution is -0.136. The van der Waals surface area contributed by atoms with Gasteiger partial charge in [-0.25, -0.2) is 4.79 Å². The van der Waals surface area contributed by atoms with Gasteiger partial charge in [0.05, 0.1) is 6.61 Å². The summed E-state index contributed by atoms with van der Waals surface area (Å²) in [5, 5.41) is 10.9. The maximum Gasteiger partial charge on any atom is 0.364 e. The van der Waals surface area contributed by atoms with Crippen LogP contribution in [0.4, 0.5) is 0 Å². The Morgan fingerprint density at radius 3 is 2.33 bits per heavy atom. The van der Waals surface area contributed by atoms with Crippen molar-refractivity contribution in [1.82, 2.24) is 0 Å². The first kappa shape index (κ1) is 10.6. The van der Waals surface area contributed by atoms with Crippen LogP contribution in [0.1, 0.15) is 20.3 Å². The van der Waals surface area contributed by atoms with E-state index in [1.54, 1.807) is 13.8 Å². The normalized spacial score (nSPS) is 11.0. The maximum absolute atomic E-state index is 10.9. The van der Waals surface area contributed by atoms with Crippen molar-refractivity contribution in [3.05, 3.63) is 0 Å². The molecule has 0 radical (unpaired) electrons. The Morgan fingerprint density at radius 2 is 2.00 bits per heavy atom. The minimum Gasteiger partial charge on any atom is -0.461 e. The van der Waals surface area contributed by atoms with E-state index in [0.717, 1.165) is 0 Å². The van der Waals surface area contributed by atoms with Crippen LogP contribution < -0.4 is 0 Å². The van der Waals surface area contributed by atoms with Crippen LogP contribution in [0.5, 0.6) is 0 Å². The highest BCUT2D eigenvalue weighted by molar-refractivity contribution is 6.64. The second-order valence-corrected chi connectivity index (χ2v) is 1.95. The van der Waals surface area contributed by atoms with Crippen LogP contribution in [0.15, 0.2) is 5.16 Å². The lowest BCUT2D eigenvalue weighted by Crippen LogP contribution is -2.25. The Hall–Kier alpha value is -1.39. The third kappa shape index (κ3) is 2.69.